The maximum Gasteiger partial charge on any atom is 0.160 e. The van der Waals surface area contributed by atoms with Crippen LogP contribution in [0.4, 0.5) is 0 Å². The van der Waals surface area contributed by atoms with Crippen molar-refractivity contribution >= 4 is 22.1 Å². The third kappa shape index (κ3) is 3.17. The normalized spacial score (nSPS) is 17.4. The third-order valence-electron chi connectivity index (χ3n) is 7.78. The summed E-state index contributed by atoms with van der Waals surface area (Å²) in [7, 11) is 0. The van der Waals surface area contributed by atoms with Gasteiger partial charge in [-0.15, -0.1) is 0 Å². The maximum absolute atomic E-state index is 5.20. The molecule has 2 aliphatic carbocycles. The first-order valence-corrected chi connectivity index (χ1v) is 12.8. The average Bonchev–Trinajstić information content (AvgIpc) is 3.68. The number of fused-ring (bicyclic) bond motifs is 2. The van der Waals surface area contributed by atoms with E-state index in [1.54, 1.807) is 0 Å². The molecule has 0 atom stereocenters. The van der Waals surface area contributed by atoms with E-state index in [-0.39, 0.29) is 0 Å². The van der Waals surface area contributed by atoms with Crippen LogP contribution in [0.15, 0.2) is 66.7 Å². The summed E-state index contributed by atoms with van der Waals surface area (Å²) in [4.78, 5) is 15.4. The fourth-order valence-electron chi connectivity index (χ4n) is 6.20. The van der Waals surface area contributed by atoms with Gasteiger partial charge in [-0.3, -0.25) is 0 Å². The van der Waals surface area contributed by atoms with Crippen LogP contribution in [0, 0.1) is 0 Å². The van der Waals surface area contributed by atoms with Gasteiger partial charge in [-0.1, -0.05) is 56.0 Å². The SMILES string of the molecule is c1cc(-c2nc3ccccc3n2C2CCCC2)nc(-c2nc3ccccc3n2C2CCCC2)c1. The second-order valence-corrected chi connectivity index (χ2v) is 9.87. The summed E-state index contributed by atoms with van der Waals surface area (Å²) in [5.41, 5.74) is 6.41. The first kappa shape index (κ1) is 20.0. The molecule has 0 unspecified atom stereocenters. The van der Waals surface area contributed by atoms with E-state index < -0.39 is 0 Å². The molecule has 34 heavy (non-hydrogen) atoms. The highest BCUT2D eigenvalue weighted by Gasteiger charge is 2.26. The second-order valence-electron chi connectivity index (χ2n) is 9.87. The summed E-state index contributed by atoms with van der Waals surface area (Å²) in [6, 6.07) is 24.4. The van der Waals surface area contributed by atoms with Gasteiger partial charge in [0.25, 0.3) is 0 Å². The zero-order valence-electron chi connectivity index (χ0n) is 19.4. The molecule has 2 aliphatic rings. The number of pyridine rings is 1. The number of aromatic nitrogens is 5. The Labute approximate surface area is 199 Å². The van der Waals surface area contributed by atoms with Gasteiger partial charge >= 0.3 is 0 Å². The minimum Gasteiger partial charge on any atom is -0.320 e. The lowest BCUT2D eigenvalue weighted by Crippen LogP contribution is -2.09. The Hall–Kier alpha value is -3.47. The number of rotatable bonds is 4. The van der Waals surface area contributed by atoms with Crippen LogP contribution in [-0.4, -0.2) is 24.1 Å². The monoisotopic (exact) mass is 447 g/mol. The Bertz CT molecular complexity index is 1370. The van der Waals surface area contributed by atoms with Crippen LogP contribution in [0.1, 0.15) is 63.5 Å². The molecule has 0 N–H and O–H groups in total. The zero-order chi connectivity index (χ0) is 22.5. The molecule has 170 valence electrons. The Morgan fingerprint density at radius 1 is 0.500 bits per heavy atom. The molecule has 2 aromatic carbocycles. The maximum atomic E-state index is 5.20. The van der Waals surface area contributed by atoms with E-state index in [1.807, 2.05) is 0 Å². The van der Waals surface area contributed by atoms with E-state index in [9.17, 15) is 0 Å². The van der Waals surface area contributed by atoms with Crippen LogP contribution in [-0.2, 0) is 0 Å². The van der Waals surface area contributed by atoms with Gasteiger partial charge in [-0.25, -0.2) is 15.0 Å². The topological polar surface area (TPSA) is 48.5 Å². The summed E-state index contributed by atoms with van der Waals surface area (Å²) >= 11 is 0. The number of benzene rings is 2. The third-order valence-corrected chi connectivity index (χ3v) is 7.78. The van der Waals surface area contributed by atoms with E-state index in [0.717, 1.165) is 34.1 Å². The number of hydrogen-bond acceptors (Lipinski definition) is 3. The zero-order valence-corrected chi connectivity index (χ0v) is 19.4. The molecule has 3 aromatic heterocycles. The molecular formula is C29H29N5. The van der Waals surface area contributed by atoms with Crippen molar-refractivity contribution < 1.29 is 0 Å². The van der Waals surface area contributed by atoms with Gasteiger partial charge in [0.1, 0.15) is 11.4 Å². The van der Waals surface area contributed by atoms with Gasteiger partial charge in [0.05, 0.1) is 22.1 Å². The molecule has 7 rings (SSSR count). The predicted octanol–water partition coefficient (Wildman–Crippen LogP) is 7.35. The Kier molecular flexibility index (Phi) is 4.74. The highest BCUT2D eigenvalue weighted by Crippen LogP contribution is 2.39. The molecule has 0 saturated heterocycles. The Balaban J connectivity index is 1.40. The lowest BCUT2D eigenvalue weighted by Gasteiger charge is -2.18. The van der Waals surface area contributed by atoms with Gasteiger partial charge in [-0.2, -0.15) is 0 Å². The van der Waals surface area contributed by atoms with Crippen LogP contribution in [0.25, 0.3) is 45.1 Å². The molecule has 0 aliphatic heterocycles. The highest BCUT2D eigenvalue weighted by atomic mass is 15.1. The van der Waals surface area contributed by atoms with Gasteiger partial charge in [0.2, 0.25) is 0 Å². The summed E-state index contributed by atoms with van der Waals surface area (Å²) < 4.78 is 4.91. The molecule has 2 fully saturated rings. The lowest BCUT2D eigenvalue weighted by molar-refractivity contribution is 0.535. The van der Waals surface area contributed by atoms with Crippen molar-refractivity contribution in [1.82, 2.24) is 24.1 Å². The Morgan fingerprint density at radius 3 is 1.41 bits per heavy atom. The van der Waals surface area contributed by atoms with E-state index >= 15 is 0 Å². The van der Waals surface area contributed by atoms with Crippen molar-refractivity contribution in [2.24, 2.45) is 0 Å². The van der Waals surface area contributed by atoms with Crippen molar-refractivity contribution in [3.63, 3.8) is 0 Å². The molecule has 5 aromatic rings. The standard InChI is InChI=1S/C29H29N5/c1-2-11-20(10-1)33-26-18-7-5-14-22(26)31-28(33)24-16-9-17-25(30-24)29-32-23-15-6-8-19-27(23)34(29)21-12-3-4-13-21/h5-9,14-21H,1-4,10-13H2. The van der Waals surface area contributed by atoms with E-state index in [0.29, 0.717) is 12.1 Å². The minimum atomic E-state index is 0.496. The molecule has 2 saturated carbocycles. The van der Waals surface area contributed by atoms with Gasteiger partial charge < -0.3 is 9.13 Å². The van der Waals surface area contributed by atoms with Crippen molar-refractivity contribution in [2.75, 3.05) is 0 Å². The molecule has 0 radical (unpaired) electrons. The summed E-state index contributed by atoms with van der Waals surface area (Å²) in [6.07, 6.45) is 10.0. The number of hydrogen-bond donors (Lipinski definition) is 0. The number of imidazole rings is 2. The first-order valence-electron chi connectivity index (χ1n) is 12.8. The summed E-state index contributed by atoms with van der Waals surface area (Å²) in [6.45, 7) is 0. The van der Waals surface area contributed by atoms with Crippen LogP contribution in [0.5, 0.6) is 0 Å². The van der Waals surface area contributed by atoms with Crippen molar-refractivity contribution in [1.29, 1.82) is 0 Å². The molecule has 5 heteroatoms. The van der Waals surface area contributed by atoms with Crippen molar-refractivity contribution in [3.05, 3.63) is 66.7 Å². The summed E-state index contributed by atoms with van der Waals surface area (Å²) in [5, 5.41) is 0. The molecular weight excluding hydrogens is 418 g/mol. The van der Waals surface area contributed by atoms with Crippen LogP contribution in [0.3, 0.4) is 0 Å². The smallest absolute Gasteiger partial charge is 0.160 e. The molecule has 0 amide bonds. The van der Waals surface area contributed by atoms with E-state index in [2.05, 4.69) is 75.9 Å². The quantitative estimate of drug-likeness (QED) is 0.289. The highest BCUT2D eigenvalue weighted by molar-refractivity contribution is 5.82. The second kappa shape index (κ2) is 8.08. The minimum absolute atomic E-state index is 0.496. The van der Waals surface area contributed by atoms with Crippen molar-refractivity contribution in [2.45, 2.75) is 63.5 Å². The van der Waals surface area contributed by atoms with Gasteiger partial charge in [0.15, 0.2) is 11.6 Å². The van der Waals surface area contributed by atoms with Gasteiger partial charge in [0, 0.05) is 12.1 Å². The predicted molar refractivity (Wildman–Crippen MR) is 137 cm³/mol. The number of nitrogens with zero attached hydrogens (tertiary/aromatic N) is 5. The fourth-order valence-corrected chi connectivity index (χ4v) is 6.20. The van der Waals surface area contributed by atoms with Crippen LogP contribution >= 0.6 is 0 Å². The van der Waals surface area contributed by atoms with E-state index in [4.69, 9.17) is 15.0 Å². The van der Waals surface area contributed by atoms with Gasteiger partial charge in [-0.05, 0) is 62.1 Å². The lowest BCUT2D eigenvalue weighted by atomic mass is 10.2. The molecule has 0 bridgehead atoms. The first-order chi connectivity index (χ1) is 16.9. The fraction of sp³-hybridized carbons (Fsp3) is 0.345. The molecule has 0 spiro atoms. The number of para-hydroxylation sites is 4. The molecule has 3 heterocycles. The Morgan fingerprint density at radius 2 is 0.941 bits per heavy atom. The molecule has 5 nitrogen and oxygen atoms in total. The van der Waals surface area contributed by atoms with Crippen LogP contribution in [0.2, 0.25) is 0 Å². The average molecular weight is 448 g/mol. The van der Waals surface area contributed by atoms with E-state index in [1.165, 1.54) is 62.4 Å². The van der Waals surface area contributed by atoms with Crippen LogP contribution < -0.4 is 0 Å². The van der Waals surface area contributed by atoms with Crippen molar-refractivity contribution in [3.8, 4) is 23.0 Å². The largest absolute Gasteiger partial charge is 0.320 e. The summed E-state index contributed by atoms with van der Waals surface area (Å²) in [5.74, 6) is 1.97.